The van der Waals surface area contributed by atoms with E-state index in [2.05, 4.69) is 113 Å². The van der Waals surface area contributed by atoms with Crippen LogP contribution in [0, 0.1) is 22.7 Å². The number of ether oxygens (including phenoxy) is 2. The van der Waals surface area contributed by atoms with Crippen LogP contribution in [-0.4, -0.2) is 13.4 Å². The largest absolute Gasteiger partial charge is 0.458 e. The molecule has 250 valence electrons. The lowest BCUT2D eigenvalue weighted by Crippen LogP contribution is -2.58. The zero-order chi connectivity index (χ0) is 36.3. The van der Waals surface area contributed by atoms with E-state index >= 15 is 0 Å². The van der Waals surface area contributed by atoms with Crippen molar-refractivity contribution in [3.05, 3.63) is 119 Å². The quantitative estimate of drug-likeness (QED) is 0.138. The molecule has 0 N–H and O–H groups in total. The average molecular weight is 688 g/mol. The molecule has 6 heteroatoms. The molecule has 4 aliphatic heterocycles. The van der Waals surface area contributed by atoms with Gasteiger partial charge in [-0.05, 0) is 148 Å². The number of nitriles is 2. The highest BCUT2D eigenvalue weighted by atomic mass is 16.5. The van der Waals surface area contributed by atoms with E-state index in [0.717, 1.165) is 56.0 Å². The Kier molecular flexibility index (Phi) is 5.63. The van der Waals surface area contributed by atoms with Crippen molar-refractivity contribution in [3.63, 3.8) is 0 Å². The first kappa shape index (κ1) is 30.0. The van der Waals surface area contributed by atoms with Crippen LogP contribution in [0.5, 0.6) is 23.0 Å². The van der Waals surface area contributed by atoms with Gasteiger partial charge in [-0.3, -0.25) is 0 Å². The van der Waals surface area contributed by atoms with Crippen LogP contribution in [0.15, 0.2) is 97.1 Å². The number of benzene rings is 8. The lowest BCUT2D eigenvalue weighted by atomic mass is 9.31. The lowest BCUT2D eigenvalue weighted by molar-refractivity contribution is 0.487. The molecule has 4 nitrogen and oxygen atoms in total. The van der Waals surface area contributed by atoms with E-state index in [0.29, 0.717) is 11.1 Å². The highest BCUT2D eigenvalue weighted by Gasteiger charge is 2.44. The summed E-state index contributed by atoms with van der Waals surface area (Å²) >= 11 is 0. The van der Waals surface area contributed by atoms with E-state index in [1.54, 1.807) is 0 Å². The number of rotatable bonds is 2. The second-order valence-electron chi connectivity index (χ2n) is 16.1. The van der Waals surface area contributed by atoms with Gasteiger partial charge in [-0.15, -0.1) is 0 Å². The molecule has 54 heavy (non-hydrogen) atoms. The minimum absolute atomic E-state index is 0.0485. The Bertz CT molecular complexity index is 2950. The number of hydrogen-bond acceptors (Lipinski definition) is 4. The molecule has 0 spiro atoms. The van der Waals surface area contributed by atoms with Gasteiger partial charge in [0.2, 0.25) is 0 Å². The van der Waals surface area contributed by atoms with Crippen molar-refractivity contribution in [2.75, 3.05) is 0 Å². The van der Waals surface area contributed by atoms with Crippen molar-refractivity contribution in [2.24, 2.45) is 0 Å². The molecule has 0 bridgehead atoms. The fraction of sp³-hybridized carbons (Fsp3) is 0.125. The van der Waals surface area contributed by atoms with Crippen LogP contribution in [0.3, 0.4) is 0 Å². The molecule has 4 heterocycles. The number of fused-ring (bicyclic) bond motifs is 8. The van der Waals surface area contributed by atoms with Crippen LogP contribution in [0.4, 0.5) is 0 Å². The molecule has 0 atom stereocenters. The summed E-state index contributed by atoms with van der Waals surface area (Å²) in [5, 5.41) is 28.3. The Morgan fingerprint density at radius 1 is 0.463 bits per heavy atom. The summed E-state index contributed by atoms with van der Waals surface area (Å²) in [5.41, 5.74) is 15.5. The van der Waals surface area contributed by atoms with Crippen LogP contribution in [-0.2, 0) is 0 Å². The molecular formula is C48H30B2N2O2. The topological polar surface area (TPSA) is 66.0 Å². The fourth-order valence-electron chi connectivity index (χ4n) is 10.6. The smallest absolute Gasteiger partial charge is 0.252 e. The minimum Gasteiger partial charge on any atom is -0.458 e. The van der Waals surface area contributed by atoms with Gasteiger partial charge in [0.1, 0.15) is 23.0 Å². The van der Waals surface area contributed by atoms with Gasteiger partial charge in [0.25, 0.3) is 13.4 Å². The Labute approximate surface area is 313 Å². The first-order chi connectivity index (χ1) is 26.3. The van der Waals surface area contributed by atoms with E-state index in [9.17, 15) is 10.5 Å². The van der Waals surface area contributed by atoms with Gasteiger partial charge >= 0.3 is 0 Å². The van der Waals surface area contributed by atoms with Gasteiger partial charge in [0, 0.05) is 0 Å². The van der Waals surface area contributed by atoms with Crippen LogP contribution in [0.1, 0.15) is 61.8 Å². The zero-order valence-electron chi connectivity index (χ0n) is 30.3. The van der Waals surface area contributed by atoms with E-state index in [4.69, 9.17) is 9.47 Å². The predicted molar refractivity (Wildman–Crippen MR) is 221 cm³/mol. The lowest BCUT2D eigenvalue weighted by Gasteiger charge is -2.38. The summed E-state index contributed by atoms with van der Waals surface area (Å²) in [6.07, 6.45) is 0. The molecule has 0 aliphatic carbocycles. The third kappa shape index (κ3) is 3.54. The maximum atomic E-state index is 10.3. The second kappa shape index (κ2) is 10.1. The SMILES string of the molecule is CC(C)c1cc2c3c(cc4c(C(C)C)cc5c6c(cc1c3c46)B1c3ccccc3Oc3cc(C#N)cc-5c31)B1c3ccccc3Oc3cc(C#N)cc-2c31. The molecule has 0 radical (unpaired) electrons. The summed E-state index contributed by atoms with van der Waals surface area (Å²) in [7, 11) is 0. The third-order valence-electron chi connectivity index (χ3n) is 12.7. The Hall–Kier alpha value is -6.49. The van der Waals surface area contributed by atoms with Crippen LogP contribution < -0.4 is 42.3 Å². The summed E-state index contributed by atoms with van der Waals surface area (Å²) in [4.78, 5) is 0. The molecule has 8 aromatic carbocycles. The summed E-state index contributed by atoms with van der Waals surface area (Å²) < 4.78 is 13.3. The first-order valence-corrected chi connectivity index (χ1v) is 18.9. The van der Waals surface area contributed by atoms with E-state index < -0.39 is 0 Å². The number of nitrogens with zero attached hydrogens (tertiary/aromatic N) is 2. The minimum atomic E-state index is -0.0485. The molecule has 4 aliphatic rings. The van der Waals surface area contributed by atoms with Crippen LogP contribution in [0.2, 0.25) is 0 Å². The average Bonchev–Trinajstić information content (AvgIpc) is 3.19. The summed E-state index contributed by atoms with van der Waals surface area (Å²) in [6, 6.07) is 39.5. The van der Waals surface area contributed by atoms with Gasteiger partial charge in [-0.2, -0.15) is 10.5 Å². The van der Waals surface area contributed by atoms with Gasteiger partial charge < -0.3 is 9.47 Å². The van der Waals surface area contributed by atoms with Crippen molar-refractivity contribution >= 4 is 78.5 Å². The Balaban J connectivity index is 1.34. The Morgan fingerprint density at radius 2 is 0.889 bits per heavy atom. The first-order valence-electron chi connectivity index (χ1n) is 18.9. The molecule has 12 rings (SSSR count). The number of para-hydroxylation sites is 2. The molecule has 0 fully saturated rings. The normalized spacial score (nSPS) is 13.7. The molecule has 0 unspecified atom stereocenters. The highest BCUT2D eigenvalue weighted by molar-refractivity contribution is 7.01. The molecule has 0 aromatic heterocycles. The van der Waals surface area contributed by atoms with Gasteiger partial charge in [0.15, 0.2) is 0 Å². The van der Waals surface area contributed by atoms with Crippen LogP contribution >= 0.6 is 0 Å². The Morgan fingerprint density at radius 3 is 1.30 bits per heavy atom. The number of hydrogen-bond donors (Lipinski definition) is 0. The van der Waals surface area contributed by atoms with E-state index in [1.165, 1.54) is 65.5 Å². The summed E-state index contributed by atoms with van der Waals surface area (Å²) in [6.45, 7) is 9.08. The fourth-order valence-corrected chi connectivity index (χ4v) is 10.6. The monoisotopic (exact) mass is 688 g/mol. The van der Waals surface area contributed by atoms with E-state index in [1.807, 2.05) is 24.3 Å². The molecular weight excluding hydrogens is 658 g/mol. The van der Waals surface area contributed by atoms with Crippen molar-refractivity contribution < 1.29 is 9.47 Å². The van der Waals surface area contributed by atoms with Crippen molar-refractivity contribution in [3.8, 4) is 57.4 Å². The third-order valence-corrected chi connectivity index (χ3v) is 12.7. The predicted octanol–water partition coefficient (Wildman–Crippen LogP) is 7.78. The van der Waals surface area contributed by atoms with E-state index in [-0.39, 0.29) is 25.3 Å². The molecule has 0 amide bonds. The molecule has 8 aromatic rings. The molecule has 0 saturated carbocycles. The zero-order valence-corrected chi connectivity index (χ0v) is 30.3. The standard InChI is InChI=1S/C48H30B2N2O2/c1-23(2)27-17-29-33-13-25(21-51)15-41-47(33)50(36-10-6-8-12-40(36)53-41)38-20-32-28(24(3)4)18-30-34-14-26(22-52)16-42-48(34)49(35-9-5-7-11-39(35)54-42)37-19-31(27)45(43(29)38)46(32)44(30)37/h5-20,23-24H,1-4H3. The van der Waals surface area contributed by atoms with Crippen LogP contribution in [0.25, 0.3) is 54.6 Å². The molecule has 0 saturated heterocycles. The van der Waals surface area contributed by atoms with Crippen molar-refractivity contribution in [2.45, 2.75) is 39.5 Å². The second-order valence-corrected chi connectivity index (χ2v) is 16.1. The summed E-state index contributed by atoms with van der Waals surface area (Å²) in [5.74, 6) is 3.70. The van der Waals surface area contributed by atoms with Gasteiger partial charge in [-0.25, -0.2) is 0 Å². The van der Waals surface area contributed by atoms with Crippen molar-refractivity contribution in [1.29, 1.82) is 10.5 Å². The maximum absolute atomic E-state index is 10.3. The maximum Gasteiger partial charge on any atom is 0.252 e. The van der Waals surface area contributed by atoms with Gasteiger partial charge in [0.05, 0.1) is 23.3 Å². The van der Waals surface area contributed by atoms with Gasteiger partial charge in [-0.1, -0.05) is 87.2 Å². The highest BCUT2D eigenvalue weighted by Crippen LogP contribution is 2.50. The van der Waals surface area contributed by atoms with Crippen molar-refractivity contribution in [1.82, 2.24) is 0 Å².